The summed E-state index contributed by atoms with van der Waals surface area (Å²) in [6, 6.07) is 17.4. The van der Waals surface area contributed by atoms with Gasteiger partial charge in [-0.2, -0.15) is 0 Å². The Labute approximate surface area is 154 Å². The highest BCUT2D eigenvalue weighted by molar-refractivity contribution is 5.90. The number of para-hydroxylation sites is 1. The Kier molecular flexibility index (Phi) is 5.89. The van der Waals surface area contributed by atoms with Gasteiger partial charge in [0.2, 0.25) is 5.91 Å². The molecule has 0 aliphatic carbocycles. The van der Waals surface area contributed by atoms with E-state index in [0.29, 0.717) is 19.6 Å². The van der Waals surface area contributed by atoms with Gasteiger partial charge >= 0.3 is 6.03 Å². The lowest BCUT2D eigenvalue weighted by Crippen LogP contribution is -2.46. The molecule has 1 aliphatic rings. The lowest BCUT2D eigenvalue weighted by molar-refractivity contribution is -0.126. The van der Waals surface area contributed by atoms with Crippen molar-refractivity contribution in [3.63, 3.8) is 0 Å². The molecular formula is C21H25N3O2. The van der Waals surface area contributed by atoms with E-state index in [2.05, 4.69) is 10.6 Å². The van der Waals surface area contributed by atoms with Crippen LogP contribution in [-0.4, -0.2) is 29.9 Å². The van der Waals surface area contributed by atoms with Gasteiger partial charge in [0.05, 0.1) is 5.92 Å². The predicted molar refractivity (Wildman–Crippen MR) is 103 cm³/mol. The van der Waals surface area contributed by atoms with Crippen LogP contribution in [0.3, 0.4) is 0 Å². The SMILES string of the molecule is Cc1ccc(CNC(=O)[C@@H]2CCCN(C(=O)Nc3ccccc3)C2)cc1. The first kappa shape index (κ1) is 18.0. The first-order valence-corrected chi connectivity index (χ1v) is 9.06. The number of rotatable bonds is 4. The zero-order valence-electron chi connectivity index (χ0n) is 15.1. The first-order valence-electron chi connectivity index (χ1n) is 9.06. The summed E-state index contributed by atoms with van der Waals surface area (Å²) in [6.07, 6.45) is 1.65. The molecule has 1 saturated heterocycles. The summed E-state index contributed by atoms with van der Waals surface area (Å²) >= 11 is 0. The van der Waals surface area contributed by atoms with Gasteiger partial charge in [-0.25, -0.2) is 4.79 Å². The van der Waals surface area contributed by atoms with Crippen molar-refractivity contribution in [3.8, 4) is 0 Å². The third kappa shape index (κ3) is 4.85. The summed E-state index contributed by atoms with van der Waals surface area (Å²) in [5, 5.41) is 5.89. The highest BCUT2D eigenvalue weighted by Gasteiger charge is 2.28. The van der Waals surface area contributed by atoms with E-state index in [4.69, 9.17) is 0 Å². The van der Waals surface area contributed by atoms with Gasteiger partial charge in [-0.3, -0.25) is 4.79 Å². The van der Waals surface area contributed by atoms with Crippen LogP contribution in [0.4, 0.5) is 10.5 Å². The summed E-state index contributed by atoms with van der Waals surface area (Å²) in [7, 11) is 0. The number of likely N-dealkylation sites (tertiary alicyclic amines) is 1. The summed E-state index contributed by atoms with van der Waals surface area (Å²) in [4.78, 5) is 26.7. The van der Waals surface area contributed by atoms with Crippen LogP contribution in [0.1, 0.15) is 24.0 Å². The summed E-state index contributed by atoms with van der Waals surface area (Å²) < 4.78 is 0. The van der Waals surface area contributed by atoms with Crippen molar-refractivity contribution in [1.29, 1.82) is 0 Å². The molecule has 0 bridgehead atoms. The van der Waals surface area contributed by atoms with E-state index in [9.17, 15) is 9.59 Å². The third-order valence-electron chi connectivity index (χ3n) is 4.69. The van der Waals surface area contributed by atoms with Gasteiger partial charge in [-0.05, 0) is 37.5 Å². The van der Waals surface area contributed by atoms with Crippen LogP contribution < -0.4 is 10.6 Å². The average molecular weight is 351 g/mol. The molecule has 1 aliphatic heterocycles. The van der Waals surface area contributed by atoms with Crippen LogP contribution >= 0.6 is 0 Å². The molecule has 2 N–H and O–H groups in total. The molecule has 0 unspecified atom stereocenters. The molecule has 1 fully saturated rings. The molecule has 0 spiro atoms. The molecule has 1 heterocycles. The van der Waals surface area contributed by atoms with Gasteiger partial charge in [0.25, 0.3) is 0 Å². The number of aryl methyl sites for hydroxylation is 1. The minimum Gasteiger partial charge on any atom is -0.352 e. The van der Waals surface area contributed by atoms with E-state index in [1.54, 1.807) is 4.90 Å². The number of amides is 3. The molecule has 0 radical (unpaired) electrons. The maximum absolute atomic E-state index is 12.5. The number of hydrogen-bond acceptors (Lipinski definition) is 2. The van der Waals surface area contributed by atoms with E-state index in [1.807, 2.05) is 61.5 Å². The van der Waals surface area contributed by atoms with E-state index < -0.39 is 0 Å². The summed E-state index contributed by atoms with van der Waals surface area (Å²) in [5.74, 6) is -0.140. The number of nitrogens with zero attached hydrogens (tertiary/aromatic N) is 1. The van der Waals surface area contributed by atoms with Gasteiger partial charge in [-0.1, -0.05) is 48.0 Å². The Balaban J connectivity index is 1.51. The molecule has 5 nitrogen and oxygen atoms in total. The fraction of sp³-hybridized carbons (Fsp3) is 0.333. The smallest absolute Gasteiger partial charge is 0.321 e. The monoisotopic (exact) mass is 351 g/mol. The number of piperidine rings is 1. The molecule has 5 heteroatoms. The Bertz CT molecular complexity index is 744. The second-order valence-electron chi connectivity index (χ2n) is 6.78. The number of carbonyl (C=O) groups excluding carboxylic acids is 2. The van der Waals surface area contributed by atoms with Crippen molar-refractivity contribution in [3.05, 3.63) is 65.7 Å². The summed E-state index contributed by atoms with van der Waals surface area (Å²) in [6.45, 7) is 3.70. The Hall–Kier alpha value is -2.82. The molecule has 2 aromatic carbocycles. The quantitative estimate of drug-likeness (QED) is 0.885. The molecule has 3 rings (SSSR count). The molecule has 2 aromatic rings. The van der Waals surface area contributed by atoms with Crippen molar-refractivity contribution >= 4 is 17.6 Å². The molecule has 136 valence electrons. The molecule has 0 aromatic heterocycles. The molecule has 26 heavy (non-hydrogen) atoms. The van der Waals surface area contributed by atoms with Gasteiger partial charge < -0.3 is 15.5 Å². The van der Waals surface area contributed by atoms with Crippen LogP contribution in [0.25, 0.3) is 0 Å². The highest BCUT2D eigenvalue weighted by atomic mass is 16.2. The van der Waals surface area contributed by atoms with Crippen LogP contribution in [0.2, 0.25) is 0 Å². The van der Waals surface area contributed by atoms with Crippen molar-refractivity contribution in [2.75, 3.05) is 18.4 Å². The van der Waals surface area contributed by atoms with Gasteiger partial charge in [0.1, 0.15) is 0 Å². The first-order chi connectivity index (χ1) is 12.6. The highest BCUT2D eigenvalue weighted by Crippen LogP contribution is 2.18. The fourth-order valence-corrected chi connectivity index (χ4v) is 3.14. The Morgan fingerprint density at radius 3 is 2.54 bits per heavy atom. The Morgan fingerprint density at radius 2 is 1.81 bits per heavy atom. The molecule has 1 atom stereocenters. The maximum atomic E-state index is 12.5. The van der Waals surface area contributed by atoms with Gasteiger partial charge in [0.15, 0.2) is 0 Å². The van der Waals surface area contributed by atoms with E-state index >= 15 is 0 Å². The maximum Gasteiger partial charge on any atom is 0.321 e. The Morgan fingerprint density at radius 1 is 1.08 bits per heavy atom. The van der Waals surface area contributed by atoms with Crippen molar-refractivity contribution in [1.82, 2.24) is 10.2 Å². The number of nitrogens with one attached hydrogen (secondary N) is 2. The lowest BCUT2D eigenvalue weighted by atomic mass is 9.97. The zero-order chi connectivity index (χ0) is 18.4. The largest absolute Gasteiger partial charge is 0.352 e. The number of benzene rings is 2. The van der Waals surface area contributed by atoms with Crippen LogP contribution in [0, 0.1) is 12.8 Å². The van der Waals surface area contributed by atoms with Gasteiger partial charge in [0, 0.05) is 25.3 Å². The standard InChI is InChI=1S/C21H25N3O2/c1-16-9-11-17(12-10-16)14-22-20(25)18-6-5-13-24(15-18)21(26)23-19-7-3-2-4-8-19/h2-4,7-12,18H,5-6,13-15H2,1H3,(H,22,25)(H,23,26)/t18-/m1/s1. The van der Waals surface area contributed by atoms with Crippen molar-refractivity contribution in [2.45, 2.75) is 26.3 Å². The van der Waals surface area contributed by atoms with Crippen LogP contribution in [0.15, 0.2) is 54.6 Å². The minimum atomic E-state index is -0.157. The van der Waals surface area contributed by atoms with Gasteiger partial charge in [-0.15, -0.1) is 0 Å². The molecule has 0 saturated carbocycles. The topological polar surface area (TPSA) is 61.4 Å². The number of hydrogen-bond donors (Lipinski definition) is 2. The van der Waals surface area contributed by atoms with Crippen molar-refractivity contribution in [2.24, 2.45) is 5.92 Å². The minimum absolute atomic E-state index is 0.0165. The number of urea groups is 1. The third-order valence-corrected chi connectivity index (χ3v) is 4.69. The molecule has 3 amide bonds. The fourth-order valence-electron chi connectivity index (χ4n) is 3.14. The second-order valence-corrected chi connectivity index (χ2v) is 6.78. The average Bonchev–Trinajstić information content (AvgIpc) is 2.68. The van der Waals surface area contributed by atoms with E-state index in [1.165, 1.54) is 5.56 Å². The second kappa shape index (κ2) is 8.52. The van der Waals surface area contributed by atoms with Crippen molar-refractivity contribution < 1.29 is 9.59 Å². The van der Waals surface area contributed by atoms with Crippen LogP contribution in [0.5, 0.6) is 0 Å². The van der Waals surface area contributed by atoms with E-state index in [-0.39, 0.29) is 17.9 Å². The number of anilines is 1. The normalized spacial score (nSPS) is 16.8. The lowest BCUT2D eigenvalue weighted by Gasteiger charge is -2.32. The zero-order valence-corrected chi connectivity index (χ0v) is 15.1. The van der Waals surface area contributed by atoms with E-state index in [0.717, 1.165) is 24.1 Å². The molecular weight excluding hydrogens is 326 g/mol. The van der Waals surface area contributed by atoms with Crippen LogP contribution in [-0.2, 0) is 11.3 Å². The predicted octanol–water partition coefficient (Wildman–Crippen LogP) is 3.56. The number of carbonyl (C=O) groups is 2. The summed E-state index contributed by atoms with van der Waals surface area (Å²) in [5.41, 5.74) is 3.05.